The van der Waals surface area contributed by atoms with Gasteiger partial charge in [-0.3, -0.25) is 0 Å². The molecule has 0 atom stereocenters. The molecular weight excluding hydrogens is 456 g/mol. The third-order valence-electron chi connectivity index (χ3n) is 5.02. The van der Waals surface area contributed by atoms with E-state index in [1.54, 1.807) is 24.3 Å². The van der Waals surface area contributed by atoms with E-state index in [2.05, 4.69) is 0 Å². The molecule has 2 heterocycles. The third kappa shape index (κ3) is 3.10. The maximum absolute atomic E-state index is 12.6. The number of thiophene rings is 2. The number of ether oxygens (including phenoxy) is 4. The Kier molecular flexibility index (Phi) is 5.57. The molecule has 0 saturated heterocycles. The van der Waals surface area contributed by atoms with Crippen LogP contribution in [0.25, 0.3) is 30.9 Å². The van der Waals surface area contributed by atoms with Gasteiger partial charge < -0.3 is 18.9 Å². The highest BCUT2D eigenvalue weighted by atomic mass is 32.1. The van der Waals surface area contributed by atoms with Crippen LogP contribution in [0.15, 0.2) is 24.3 Å². The number of esters is 4. The Labute approximate surface area is 189 Å². The van der Waals surface area contributed by atoms with Crippen molar-refractivity contribution in [2.45, 2.75) is 0 Å². The third-order valence-corrected chi connectivity index (χ3v) is 7.29. The zero-order valence-electron chi connectivity index (χ0n) is 17.4. The lowest BCUT2D eigenvalue weighted by Gasteiger charge is -2.07. The number of benzene rings is 2. The van der Waals surface area contributed by atoms with E-state index in [4.69, 9.17) is 18.9 Å². The molecule has 0 aliphatic carbocycles. The fourth-order valence-corrected chi connectivity index (χ4v) is 5.92. The van der Waals surface area contributed by atoms with Gasteiger partial charge in [-0.15, -0.1) is 22.7 Å². The first kappa shape index (κ1) is 21.7. The highest BCUT2D eigenvalue weighted by Gasteiger charge is 2.29. The molecule has 4 rings (SSSR count). The summed E-state index contributed by atoms with van der Waals surface area (Å²) in [4.78, 5) is 50.2. The van der Waals surface area contributed by atoms with Crippen LogP contribution in [0.5, 0.6) is 0 Å². The van der Waals surface area contributed by atoms with Crippen molar-refractivity contribution in [1.82, 2.24) is 0 Å². The molecule has 32 heavy (non-hydrogen) atoms. The van der Waals surface area contributed by atoms with Crippen LogP contribution in [0.4, 0.5) is 0 Å². The van der Waals surface area contributed by atoms with Gasteiger partial charge in [0, 0.05) is 20.2 Å². The molecule has 0 saturated carbocycles. The maximum Gasteiger partial charge on any atom is 0.348 e. The van der Waals surface area contributed by atoms with Gasteiger partial charge in [-0.05, 0) is 22.9 Å². The average molecular weight is 472 g/mol. The number of hydrogen-bond acceptors (Lipinski definition) is 10. The monoisotopic (exact) mass is 472 g/mol. The smallest absolute Gasteiger partial charge is 0.348 e. The van der Waals surface area contributed by atoms with Crippen molar-refractivity contribution in [3.8, 4) is 0 Å². The summed E-state index contributed by atoms with van der Waals surface area (Å²) in [7, 11) is 4.93. The molecule has 0 bridgehead atoms. The van der Waals surface area contributed by atoms with Crippen molar-refractivity contribution >= 4 is 77.5 Å². The van der Waals surface area contributed by atoms with Crippen molar-refractivity contribution < 1.29 is 38.1 Å². The topological polar surface area (TPSA) is 105 Å². The van der Waals surface area contributed by atoms with Crippen LogP contribution in [-0.4, -0.2) is 52.3 Å². The Morgan fingerprint density at radius 2 is 0.906 bits per heavy atom. The van der Waals surface area contributed by atoms with Gasteiger partial charge in [0.15, 0.2) is 0 Å². The zero-order valence-corrected chi connectivity index (χ0v) is 19.0. The summed E-state index contributed by atoms with van der Waals surface area (Å²) >= 11 is 2.22. The van der Waals surface area contributed by atoms with E-state index in [0.717, 1.165) is 22.7 Å². The molecule has 0 aliphatic heterocycles. The Morgan fingerprint density at radius 3 is 1.22 bits per heavy atom. The van der Waals surface area contributed by atoms with E-state index in [9.17, 15) is 19.2 Å². The minimum atomic E-state index is -0.682. The van der Waals surface area contributed by atoms with Gasteiger partial charge in [0.25, 0.3) is 0 Å². The predicted octanol–water partition coefficient (Wildman–Crippen LogP) is 4.42. The van der Waals surface area contributed by atoms with Crippen LogP contribution in [0.3, 0.4) is 0 Å². The standard InChI is InChI=1S/C22H16O8S2/c1-27-19(23)15-13-9-5-8-12-14(16(20(24)28-2)18(32-12)22(26)30-4)10(9)6-7-11(13)31-17(15)21(25)29-3/h5-8H,1-4H3. The van der Waals surface area contributed by atoms with Crippen LogP contribution >= 0.6 is 22.7 Å². The van der Waals surface area contributed by atoms with E-state index in [1.807, 2.05) is 0 Å². The van der Waals surface area contributed by atoms with Crippen molar-refractivity contribution in [3.05, 3.63) is 45.1 Å². The van der Waals surface area contributed by atoms with Gasteiger partial charge >= 0.3 is 23.9 Å². The maximum atomic E-state index is 12.6. The normalized spacial score (nSPS) is 11.0. The predicted molar refractivity (Wildman–Crippen MR) is 120 cm³/mol. The lowest BCUT2D eigenvalue weighted by Crippen LogP contribution is -2.09. The van der Waals surface area contributed by atoms with E-state index in [-0.39, 0.29) is 20.9 Å². The highest BCUT2D eigenvalue weighted by Crippen LogP contribution is 2.43. The van der Waals surface area contributed by atoms with Crippen LogP contribution < -0.4 is 0 Å². The summed E-state index contributed by atoms with van der Waals surface area (Å²) in [6, 6.07) is 7.05. The summed E-state index contributed by atoms with van der Waals surface area (Å²) in [5.41, 5.74) is 0.180. The number of carbonyl (C=O) groups is 4. The first-order valence-electron chi connectivity index (χ1n) is 9.15. The number of rotatable bonds is 4. The molecule has 0 unspecified atom stereocenters. The Bertz CT molecular complexity index is 1330. The van der Waals surface area contributed by atoms with Crippen LogP contribution in [0, 0.1) is 0 Å². The van der Waals surface area contributed by atoms with E-state index in [1.165, 1.54) is 28.4 Å². The molecule has 164 valence electrons. The van der Waals surface area contributed by atoms with Gasteiger partial charge in [-0.1, -0.05) is 12.1 Å². The van der Waals surface area contributed by atoms with Crippen molar-refractivity contribution in [3.63, 3.8) is 0 Å². The fraction of sp³-hybridized carbons (Fsp3) is 0.182. The lowest BCUT2D eigenvalue weighted by atomic mass is 9.98. The van der Waals surface area contributed by atoms with Crippen molar-refractivity contribution in [2.75, 3.05) is 28.4 Å². The fourth-order valence-electron chi connectivity index (χ4n) is 3.67. The molecule has 0 fully saturated rings. The molecular formula is C22H16O8S2. The van der Waals surface area contributed by atoms with Crippen LogP contribution in [-0.2, 0) is 18.9 Å². The summed E-state index contributed by atoms with van der Waals surface area (Å²) in [6.45, 7) is 0. The molecule has 4 aromatic rings. The molecule has 0 amide bonds. The molecule has 2 aromatic heterocycles. The zero-order chi connectivity index (χ0) is 23.2. The van der Waals surface area contributed by atoms with Crippen LogP contribution in [0.1, 0.15) is 40.1 Å². The minimum absolute atomic E-state index is 0.0901. The second-order valence-electron chi connectivity index (χ2n) is 6.55. The van der Waals surface area contributed by atoms with Gasteiger partial charge in [0.05, 0.1) is 39.6 Å². The molecule has 0 radical (unpaired) electrons. The Hall–Kier alpha value is -3.50. The van der Waals surface area contributed by atoms with Crippen molar-refractivity contribution in [1.29, 1.82) is 0 Å². The second kappa shape index (κ2) is 8.21. The largest absolute Gasteiger partial charge is 0.465 e. The van der Waals surface area contributed by atoms with E-state index in [0.29, 0.717) is 30.9 Å². The van der Waals surface area contributed by atoms with Gasteiger partial charge in [-0.2, -0.15) is 0 Å². The number of hydrogen-bond donors (Lipinski definition) is 0. The quantitative estimate of drug-likeness (QED) is 0.318. The molecule has 0 aliphatic rings. The molecule has 10 heteroatoms. The van der Waals surface area contributed by atoms with Gasteiger partial charge in [-0.25, -0.2) is 19.2 Å². The highest BCUT2D eigenvalue weighted by molar-refractivity contribution is 7.22. The van der Waals surface area contributed by atoms with Crippen molar-refractivity contribution in [2.24, 2.45) is 0 Å². The Balaban J connectivity index is 2.20. The summed E-state index contributed by atoms with van der Waals surface area (Å²) in [6.07, 6.45) is 0. The van der Waals surface area contributed by atoms with Crippen LogP contribution in [0.2, 0.25) is 0 Å². The van der Waals surface area contributed by atoms with E-state index >= 15 is 0 Å². The molecule has 2 aromatic carbocycles. The first-order valence-corrected chi connectivity index (χ1v) is 10.8. The summed E-state index contributed by atoms with van der Waals surface area (Å²) < 4.78 is 20.9. The number of fused-ring (bicyclic) bond motifs is 5. The SMILES string of the molecule is COC(=O)c1sc2ccc3c(ccc4sc(C(=O)OC)c(C(=O)OC)c43)c2c1C(=O)OC. The summed E-state index contributed by atoms with van der Waals surface area (Å²) in [5, 5.41) is 2.23. The molecule has 0 spiro atoms. The lowest BCUT2D eigenvalue weighted by molar-refractivity contribution is 0.0562. The Morgan fingerprint density at radius 1 is 0.562 bits per heavy atom. The van der Waals surface area contributed by atoms with Gasteiger partial charge in [0.2, 0.25) is 0 Å². The molecule has 0 N–H and O–H groups in total. The average Bonchev–Trinajstić information content (AvgIpc) is 3.41. The second-order valence-corrected chi connectivity index (χ2v) is 8.66. The van der Waals surface area contributed by atoms with E-state index < -0.39 is 23.9 Å². The summed E-state index contributed by atoms with van der Waals surface area (Å²) in [5.74, 6) is -2.67. The molecule has 8 nitrogen and oxygen atoms in total. The number of methoxy groups -OCH3 is 4. The first-order chi connectivity index (χ1) is 15.4. The minimum Gasteiger partial charge on any atom is -0.465 e. The number of carbonyl (C=O) groups excluding carboxylic acids is 4. The van der Waals surface area contributed by atoms with Gasteiger partial charge in [0.1, 0.15) is 9.75 Å².